The van der Waals surface area contributed by atoms with E-state index < -0.39 is 11.9 Å². The van der Waals surface area contributed by atoms with Gasteiger partial charge in [0.1, 0.15) is 5.75 Å². The molecule has 0 saturated carbocycles. The van der Waals surface area contributed by atoms with E-state index in [-0.39, 0.29) is 12.1 Å². The van der Waals surface area contributed by atoms with Crippen LogP contribution in [0.1, 0.15) is 18.2 Å². The van der Waals surface area contributed by atoms with Crippen LogP contribution in [0.3, 0.4) is 0 Å². The summed E-state index contributed by atoms with van der Waals surface area (Å²) in [5.41, 5.74) is -0.340. The van der Waals surface area contributed by atoms with Crippen molar-refractivity contribution in [3.8, 4) is 11.4 Å². The molecule has 0 radical (unpaired) electrons. The maximum absolute atomic E-state index is 13.3. The summed E-state index contributed by atoms with van der Waals surface area (Å²) >= 11 is 0. The predicted octanol–water partition coefficient (Wildman–Crippen LogP) is 3.01. The van der Waals surface area contributed by atoms with Crippen LogP contribution in [0.15, 0.2) is 30.5 Å². The number of nitrogens with one attached hydrogen (secondary N) is 1. The van der Waals surface area contributed by atoms with Crippen molar-refractivity contribution in [2.75, 3.05) is 13.7 Å². The highest BCUT2D eigenvalue weighted by molar-refractivity contribution is 5.41. The van der Waals surface area contributed by atoms with E-state index in [0.29, 0.717) is 18.0 Å². The van der Waals surface area contributed by atoms with Gasteiger partial charge in [-0.2, -0.15) is 18.3 Å². The average molecular weight is 299 g/mol. The van der Waals surface area contributed by atoms with Crippen LogP contribution in [0.25, 0.3) is 5.69 Å². The first-order chi connectivity index (χ1) is 9.97. The third kappa shape index (κ3) is 3.36. The van der Waals surface area contributed by atoms with Crippen molar-refractivity contribution < 1.29 is 17.9 Å². The molecule has 0 atom stereocenters. The molecule has 0 saturated heterocycles. The van der Waals surface area contributed by atoms with Crippen molar-refractivity contribution in [3.05, 3.63) is 41.7 Å². The van der Waals surface area contributed by atoms with Crippen LogP contribution in [0.5, 0.6) is 5.75 Å². The number of rotatable bonds is 5. The predicted molar refractivity (Wildman–Crippen MR) is 72.5 cm³/mol. The van der Waals surface area contributed by atoms with Crippen LogP contribution >= 0.6 is 0 Å². The summed E-state index contributed by atoms with van der Waals surface area (Å²) < 4.78 is 45.9. The van der Waals surface area contributed by atoms with Crippen molar-refractivity contribution in [2.45, 2.75) is 19.6 Å². The van der Waals surface area contributed by atoms with E-state index in [1.807, 2.05) is 6.92 Å². The molecule has 114 valence electrons. The lowest BCUT2D eigenvalue weighted by Crippen LogP contribution is -2.19. The maximum Gasteiger partial charge on any atom is 0.433 e. The topological polar surface area (TPSA) is 39.1 Å². The van der Waals surface area contributed by atoms with Gasteiger partial charge in [-0.05, 0) is 18.7 Å². The van der Waals surface area contributed by atoms with E-state index in [1.165, 1.54) is 19.4 Å². The Hall–Kier alpha value is -2.02. The standard InChI is InChI=1S/C14H16F3N3O/c1-3-18-8-10-9-19-20(13(10)14(15,16)17)11-5-4-6-12(7-11)21-2/h4-7,9,18H,3,8H2,1-2H3. The van der Waals surface area contributed by atoms with Crippen molar-refractivity contribution in [2.24, 2.45) is 0 Å². The van der Waals surface area contributed by atoms with E-state index in [4.69, 9.17) is 4.74 Å². The Morgan fingerprint density at radius 3 is 2.71 bits per heavy atom. The summed E-state index contributed by atoms with van der Waals surface area (Å²) in [4.78, 5) is 0. The number of ether oxygens (including phenoxy) is 1. The Kier molecular flexibility index (Phi) is 4.52. The minimum atomic E-state index is -4.48. The number of methoxy groups -OCH3 is 1. The van der Waals surface area contributed by atoms with Gasteiger partial charge >= 0.3 is 6.18 Å². The molecule has 21 heavy (non-hydrogen) atoms. The van der Waals surface area contributed by atoms with Gasteiger partial charge in [0.2, 0.25) is 0 Å². The van der Waals surface area contributed by atoms with E-state index >= 15 is 0 Å². The van der Waals surface area contributed by atoms with E-state index in [2.05, 4.69) is 10.4 Å². The normalized spacial score (nSPS) is 11.7. The SMILES string of the molecule is CCNCc1cnn(-c2cccc(OC)c2)c1C(F)(F)F. The summed E-state index contributed by atoms with van der Waals surface area (Å²) in [6.07, 6.45) is -3.24. The number of hydrogen-bond acceptors (Lipinski definition) is 3. The highest BCUT2D eigenvalue weighted by atomic mass is 19.4. The van der Waals surface area contributed by atoms with Gasteiger partial charge in [-0.25, -0.2) is 4.68 Å². The number of aromatic nitrogens is 2. The zero-order chi connectivity index (χ0) is 15.5. The van der Waals surface area contributed by atoms with Crippen LogP contribution < -0.4 is 10.1 Å². The van der Waals surface area contributed by atoms with Gasteiger partial charge in [0.25, 0.3) is 0 Å². The summed E-state index contributed by atoms with van der Waals surface area (Å²) in [6.45, 7) is 2.54. The van der Waals surface area contributed by atoms with Crippen LogP contribution in [-0.4, -0.2) is 23.4 Å². The number of halogens is 3. The zero-order valence-corrected chi connectivity index (χ0v) is 11.7. The first kappa shape index (κ1) is 15.4. The Morgan fingerprint density at radius 2 is 2.10 bits per heavy atom. The van der Waals surface area contributed by atoms with Crippen LogP contribution in [0.2, 0.25) is 0 Å². The molecule has 7 heteroatoms. The van der Waals surface area contributed by atoms with Gasteiger partial charge in [-0.15, -0.1) is 0 Å². The number of benzene rings is 1. The average Bonchev–Trinajstić information content (AvgIpc) is 2.89. The number of nitrogens with zero attached hydrogens (tertiary/aromatic N) is 2. The van der Waals surface area contributed by atoms with Crippen molar-refractivity contribution in [3.63, 3.8) is 0 Å². The summed E-state index contributed by atoms with van der Waals surface area (Å²) in [5, 5.41) is 6.77. The smallest absolute Gasteiger partial charge is 0.433 e. The van der Waals surface area contributed by atoms with Gasteiger partial charge in [0.05, 0.1) is 19.0 Å². The molecule has 2 rings (SSSR count). The molecule has 1 aromatic heterocycles. The lowest BCUT2D eigenvalue weighted by Gasteiger charge is -2.13. The molecule has 0 aliphatic rings. The maximum atomic E-state index is 13.3. The molecule has 0 unspecified atom stereocenters. The molecule has 1 heterocycles. The van der Waals surface area contributed by atoms with Crippen LogP contribution in [0.4, 0.5) is 13.2 Å². The third-order valence-corrected chi connectivity index (χ3v) is 2.98. The molecule has 0 aliphatic heterocycles. The lowest BCUT2D eigenvalue weighted by atomic mass is 10.2. The molecule has 2 aromatic rings. The largest absolute Gasteiger partial charge is 0.497 e. The Bertz CT molecular complexity index is 608. The fourth-order valence-electron chi connectivity index (χ4n) is 2.01. The second kappa shape index (κ2) is 6.17. The third-order valence-electron chi connectivity index (χ3n) is 2.98. The Labute approximate surface area is 120 Å². The van der Waals surface area contributed by atoms with Gasteiger partial charge in [-0.3, -0.25) is 0 Å². The molecular formula is C14H16F3N3O. The van der Waals surface area contributed by atoms with Gasteiger partial charge in [-0.1, -0.05) is 13.0 Å². The number of hydrogen-bond donors (Lipinski definition) is 1. The lowest BCUT2D eigenvalue weighted by molar-refractivity contribution is -0.143. The van der Waals surface area contributed by atoms with Crippen molar-refractivity contribution in [1.82, 2.24) is 15.1 Å². The fourth-order valence-corrected chi connectivity index (χ4v) is 2.01. The van der Waals surface area contributed by atoms with E-state index in [1.54, 1.807) is 18.2 Å². The first-order valence-electron chi connectivity index (χ1n) is 6.46. The summed E-state index contributed by atoms with van der Waals surface area (Å²) in [5.74, 6) is 0.476. The minimum Gasteiger partial charge on any atom is -0.497 e. The second-order valence-corrected chi connectivity index (χ2v) is 4.41. The van der Waals surface area contributed by atoms with Gasteiger partial charge in [0.15, 0.2) is 5.69 Å². The van der Waals surface area contributed by atoms with Crippen LogP contribution in [0, 0.1) is 0 Å². The monoisotopic (exact) mass is 299 g/mol. The highest BCUT2D eigenvalue weighted by Crippen LogP contribution is 2.34. The Balaban J connectivity index is 2.50. The molecule has 0 fully saturated rings. The van der Waals surface area contributed by atoms with E-state index in [9.17, 15) is 13.2 Å². The second-order valence-electron chi connectivity index (χ2n) is 4.41. The highest BCUT2D eigenvalue weighted by Gasteiger charge is 2.38. The minimum absolute atomic E-state index is 0.118. The van der Waals surface area contributed by atoms with Gasteiger partial charge < -0.3 is 10.1 Å². The number of alkyl halides is 3. The molecule has 0 spiro atoms. The molecule has 0 bridgehead atoms. The Morgan fingerprint density at radius 1 is 1.33 bits per heavy atom. The zero-order valence-electron chi connectivity index (χ0n) is 11.7. The van der Waals surface area contributed by atoms with E-state index in [0.717, 1.165) is 4.68 Å². The summed E-state index contributed by atoms with van der Waals surface area (Å²) in [7, 11) is 1.46. The summed E-state index contributed by atoms with van der Waals surface area (Å²) in [6, 6.07) is 6.36. The molecular weight excluding hydrogens is 283 g/mol. The molecule has 4 nitrogen and oxygen atoms in total. The van der Waals surface area contributed by atoms with Crippen LogP contribution in [-0.2, 0) is 12.7 Å². The molecule has 1 aromatic carbocycles. The first-order valence-corrected chi connectivity index (χ1v) is 6.46. The molecule has 0 aliphatic carbocycles. The fraction of sp³-hybridized carbons (Fsp3) is 0.357. The quantitative estimate of drug-likeness (QED) is 0.922. The molecule has 0 amide bonds. The van der Waals surface area contributed by atoms with Crippen molar-refractivity contribution >= 4 is 0 Å². The molecule has 1 N–H and O–H groups in total. The van der Waals surface area contributed by atoms with Crippen molar-refractivity contribution in [1.29, 1.82) is 0 Å². The van der Waals surface area contributed by atoms with Gasteiger partial charge in [0, 0.05) is 18.2 Å².